The van der Waals surface area contributed by atoms with Gasteiger partial charge in [-0.2, -0.15) is 0 Å². The van der Waals surface area contributed by atoms with E-state index in [1.807, 2.05) is 6.92 Å². The number of amides is 1. The molecule has 7 nitrogen and oxygen atoms in total. The van der Waals surface area contributed by atoms with E-state index in [2.05, 4.69) is 15.3 Å². The predicted octanol–water partition coefficient (Wildman–Crippen LogP) is 2.06. The van der Waals surface area contributed by atoms with E-state index in [-0.39, 0.29) is 11.5 Å². The maximum Gasteiger partial charge on any atom is 0.261 e. The first-order chi connectivity index (χ1) is 11.6. The number of hydrogen-bond donors (Lipinski definition) is 1. The fraction of sp³-hybridized carbons (Fsp3) is 0.250. The molecule has 1 N–H and O–H groups in total. The molecular formula is C16H16N4O3S. The minimum atomic E-state index is -0.281. The number of methoxy groups -OCH3 is 1. The molecule has 0 atom stereocenters. The summed E-state index contributed by atoms with van der Waals surface area (Å²) in [4.78, 5) is 34.0. The number of fused-ring (bicyclic) bond motifs is 1. The van der Waals surface area contributed by atoms with Crippen LogP contribution in [0.25, 0.3) is 10.9 Å². The van der Waals surface area contributed by atoms with E-state index in [0.29, 0.717) is 34.7 Å². The first kappa shape index (κ1) is 16.3. The average Bonchev–Trinajstić information content (AvgIpc) is 2.99. The highest BCUT2D eigenvalue weighted by Crippen LogP contribution is 2.18. The largest absolute Gasteiger partial charge is 0.383 e. The Morgan fingerprint density at radius 2 is 2.21 bits per heavy atom. The minimum Gasteiger partial charge on any atom is -0.383 e. The Morgan fingerprint density at radius 3 is 2.92 bits per heavy atom. The molecular weight excluding hydrogens is 328 g/mol. The molecule has 0 aliphatic heterocycles. The lowest BCUT2D eigenvalue weighted by Gasteiger charge is -2.07. The Morgan fingerprint density at radius 1 is 1.38 bits per heavy atom. The van der Waals surface area contributed by atoms with E-state index < -0.39 is 0 Å². The third kappa shape index (κ3) is 3.34. The van der Waals surface area contributed by atoms with Gasteiger partial charge in [0.15, 0.2) is 5.13 Å². The second kappa shape index (κ2) is 6.90. The van der Waals surface area contributed by atoms with E-state index in [4.69, 9.17) is 4.74 Å². The van der Waals surface area contributed by atoms with Gasteiger partial charge in [0.2, 0.25) is 0 Å². The summed E-state index contributed by atoms with van der Waals surface area (Å²) < 4.78 is 6.47. The SMILES string of the molecule is COCCn1cnc2cc(C(=O)Nc3ncc(C)s3)ccc2c1=O. The van der Waals surface area contributed by atoms with E-state index >= 15 is 0 Å². The number of benzene rings is 1. The molecule has 0 spiro atoms. The van der Waals surface area contributed by atoms with Crippen LogP contribution < -0.4 is 10.9 Å². The van der Waals surface area contributed by atoms with Gasteiger partial charge < -0.3 is 4.74 Å². The van der Waals surface area contributed by atoms with Crippen molar-refractivity contribution < 1.29 is 9.53 Å². The van der Waals surface area contributed by atoms with Crippen LogP contribution in [0, 0.1) is 6.92 Å². The third-order valence-corrected chi connectivity index (χ3v) is 4.29. The summed E-state index contributed by atoms with van der Waals surface area (Å²) in [7, 11) is 1.58. The molecule has 0 aliphatic carbocycles. The summed E-state index contributed by atoms with van der Waals surface area (Å²) in [5, 5.41) is 3.75. The predicted molar refractivity (Wildman–Crippen MR) is 92.7 cm³/mol. The fourth-order valence-corrected chi connectivity index (χ4v) is 2.89. The van der Waals surface area contributed by atoms with Crippen LogP contribution in [0.15, 0.2) is 35.5 Å². The van der Waals surface area contributed by atoms with Crippen LogP contribution in [-0.4, -0.2) is 34.2 Å². The molecule has 2 heterocycles. The lowest BCUT2D eigenvalue weighted by Crippen LogP contribution is -2.22. The van der Waals surface area contributed by atoms with Gasteiger partial charge in [-0.05, 0) is 25.1 Å². The van der Waals surface area contributed by atoms with Crippen molar-refractivity contribution in [3.63, 3.8) is 0 Å². The highest BCUT2D eigenvalue weighted by atomic mass is 32.1. The van der Waals surface area contributed by atoms with Gasteiger partial charge in [-0.3, -0.25) is 19.5 Å². The molecule has 24 heavy (non-hydrogen) atoms. The van der Waals surface area contributed by atoms with Gasteiger partial charge in [0.25, 0.3) is 11.5 Å². The van der Waals surface area contributed by atoms with Crippen molar-refractivity contribution in [3.8, 4) is 0 Å². The number of aromatic nitrogens is 3. The number of thiazole rings is 1. The number of carbonyl (C=O) groups excluding carboxylic acids is 1. The summed E-state index contributed by atoms with van der Waals surface area (Å²) >= 11 is 1.40. The smallest absolute Gasteiger partial charge is 0.261 e. The zero-order chi connectivity index (χ0) is 17.1. The van der Waals surface area contributed by atoms with Gasteiger partial charge in [0.1, 0.15) is 0 Å². The van der Waals surface area contributed by atoms with Crippen molar-refractivity contribution in [1.29, 1.82) is 0 Å². The number of nitrogens with zero attached hydrogens (tertiary/aromatic N) is 3. The van der Waals surface area contributed by atoms with Crippen molar-refractivity contribution >= 4 is 33.3 Å². The van der Waals surface area contributed by atoms with Gasteiger partial charge in [-0.25, -0.2) is 9.97 Å². The first-order valence-electron chi connectivity index (χ1n) is 7.30. The second-order valence-corrected chi connectivity index (χ2v) is 6.43. The molecule has 0 aliphatic rings. The Bertz CT molecular complexity index is 948. The lowest BCUT2D eigenvalue weighted by atomic mass is 10.1. The Hall–Kier alpha value is -2.58. The number of aryl methyl sites for hydroxylation is 1. The van der Waals surface area contributed by atoms with Crippen molar-refractivity contribution in [1.82, 2.24) is 14.5 Å². The van der Waals surface area contributed by atoms with Crippen molar-refractivity contribution in [2.24, 2.45) is 0 Å². The fourth-order valence-electron chi connectivity index (χ4n) is 2.23. The minimum absolute atomic E-state index is 0.153. The summed E-state index contributed by atoms with van der Waals surface area (Å²) in [5.41, 5.74) is 0.757. The molecule has 0 saturated heterocycles. The molecule has 3 aromatic rings. The zero-order valence-corrected chi connectivity index (χ0v) is 14.1. The number of nitrogens with one attached hydrogen (secondary N) is 1. The van der Waals surface area contributed by atoms with Gasteiger partial charge >= 0.3 is 0 Å². The topological polar surface area (TPSA) is 86.1 Å². The standard InChI is InChI=1S/C16H16N4O3S/c1-10-8-17-16(24-10)19-14(21)11-3-4-12-13(7-11)18-9-20(15(12)22)5-6-23-2/h3-4,7-9H,5-6H2,1-2H3,(H,17,19,21). The Labute approximate surface area is 141 Å². The molecule has 8 heteroatoms. The summed E-state index contributed by atoms with van der Waals surface area (Å²) in [6.07, 6.45) is 3.17. The van der Waals surface area contributed by atoms with Crippen molar-refractivity contribution in [2.75, 3.05) is 19.0 Å². The maximum atomic E-state index is 12.4. The highest BCUT2D eigenvalue weighted by Gasteiger charge is 2.11. The molecule has 0 unspecified atom stereocenters. The summed E-state index contributed by atoms with van der Waals surface area (Å²) in [5.74, 6) is -0.281. The number of carbonyl (C=O) groups is 1. The second-order valence-electron chi connectivity index (χ2n) is 5.20. The number of anilines is 1. The van der Waals surface area contributed by atoms with Crippen LogP contribution in [0.3, 0.4) is 0 Å². The molecule has 0 saturated carbocycles. The first-order valence-corrected chi connectivity index (χ1v) is 8.12. The van der Waals surface area contributed by atoms with E-state index in [1.165, 1.54) is 22.2 Å². The number of rotatable bonds is 5. The van der Waals surface area contributed by atoms with Crippen LogP contribution in [0.4, 0.5) is 5.13 Å². The maximum absolute atomic E-state index is 12.4. The van der Waals surface area contributed by atoms with Crippen molar-refractivity contribution in [2.45, 2.75) is 13.5 Å². The van der Waals surface area contributed by atoms with Crippen LogP contribution in [0.1, 0.15) is 15.2 Å². The number of ether oxygens (including phenoxy) is 1. The molecule has 1 amide bonds. The molecule has 0 fully saturated rings. The van der Waals surface area contributed by atoms with Crippen LogP contribution >= 0.6 is 11.3 Å². The van der Waals surface area contributed by atoms with Gasteiger partial charge in [0, 0.05) is 23.7 Å². The Balaban J connectivity index is 1.88. The summed E-state index contributed by atoms with van der Waals surface area (Å²) in [6.45, 7) is 2.78. The molecule has 0 bridgehead atoms. The van der Waals surface area contributed by atoms with Crippen molar-refractivity contribution in [3.05, 3.63) is 51.5 Å². The van der Waals surface area contributed by atoms with E-state index in [9.17, 15) is 9.59 Å². The van der Waals surface area contributed by atoms with E-state index in [0.717, 1.165) is 4.88 Å². The lowest BCUT2D eigenvalue weighted by molar-refractivity contribution is 0.102. The van der Waals surface area contributed by atoms with Gasteiger partial charge in [-0.1, -0.05) is 0 Å². The molecule has 124 valence electrons. The molecule has 3 rings (SSSR count). The van der Waals surface area contributed by atoms with Crippen LogP contribution in [0.2, 0.25) is 0 Å². The highest BCUT2D eigenvalue weighted by molar-refractivity contribution is 7.15. The molecule has 0 radical (unpaired) electrons. The molecule has 1 aromatic carbocycles. The van der Waals surface area contributed by atoms with Gasteiger partial charge in [0.05, 0.1) is 30.4 Å². The normalized spacial score (nSPS) is 10.9. The van der Waals surface area contributed by atoms with Crippen LogP contribution in [-0.2, 0) is 11.3 Å². The third-order valence-electron chi connectivity index (χ3n) is 3.47. The average molecular weight is 344 g/mol. The van der Waals surface area contributed by atoms with Crippen LogP contribution in [0.5, 0.6) is 0 Å². The zero-order valence-electron chi connectivity index (χ0n) is 13.3. The Kier molecular flexibility index (Phi) is 4.68. The quantitative estimate of drug-likeness (QED) is 0.766. The monoisotopic (exact) mass is 344 g/mol. The van der Waals surface area contributed by atoms with Gasteiger partial charge in [-0.15, -0.1) is 11.3 Å². The van der Waals surface area contributed by atoms with E-state index in [1.54, 1.807) is 31.5 Å². The number of hydrogen-bond acceptors (Lipinski definition) is 6. The molecule has 2 aromatic heterocycles. The summed E-state index contributed by atoms with van der Waals surface area (Å²) in [6, 6.07) is 4.84.